The van der Waals surface area contributed by atoms with Crippen molar-refractivity contribution in [3.05, 3.63) is 12.7 Å². The molecular formula is C20H34O3. The van der Waals surface area contributed by atoms with Crippen LogP contribution in [0.25, 0.3) is 0 Å². The van der Waals surface area contributed by atoms with Gasteiger partial charge in [-0.1, -0.05) is 33.3 Å². The van der Waals surface area contributed by atoms with Gasteiger partial charge in [0.25, 0.3) is 0 Å². The van der Waals surface area contributed by atoms with E-state index >= 15 is 0 Å². The van der Waals surface area contributed by atoms with E-state index < -0.39 is 11.2 Å². The molecule has 3 nitrogen and oxygen atoms in total. The second-order valence-electron chi connectivity index (χ2n) is 9.20. The lowest BCUT2D eigenvalue weighted by Crippen LogP contribution is -2.54. The SMILES string of the molecule is C=CC(C)(O)CC[C@@]1(O)[C@H](C(C)=O)C[C@H]2C(C)(C)CCC[C@@]21C. The van der Waals surface area contributed by atoms with Crippen molar-refractivity contribution in [3.8, 4) is 0 Å². The highest BCUT2D eigenvalue weighted by Crippen LogP contribution is 2.66. The number of hydrogen-bond donors (Lipinski definition) is 2. The Kier molecular flexibility index (Phi) is 4.63. The van der Waals surface area contributed by atoms with Crippen LogP contribution in [0.4, 0.5) is 0 Å². The third-order valence-corrected chi connectivity index (χ3v) is 7.21. The number of ketones is 1. The predicted octanol–water partition coefficient (Wildman–Crippen LogP) is 3.88. The average Bonchev–Trinajstić information content (AvgIpc) is 2.67. The minimum absolute atomic E-state index is 0.0807. The molecule has 2 saturated carbocycles. The summed E-state index contributed by atoms with van der Waals surface area (Å²) < 4.78 is 0. The Labute approximate surface area is 141 Å². The first kappa shape index (κ1) is 18.7. The molecule has 132 valence electrons. The van der Waals surface area contributed by atoms with E-state index in [2.05, 4.69) is 27.4 Å². The van der Waals surface area contributed by atoms with E-state index in [0.29, 0.717) is 18.8 Å². The van der Waals surface area contributed by atoms with Crippen LogP contribution >= 0.6 is 0 Å². The first-order valence-corrected chi connectivity index (χ1v) is 8.98. The molecule has 0 aliphatic heterocycles. The summed E-state index contributed by atoms with van der Waals surface area (Å²) in [6, 6.07) is 0. The van der Waals surface area contributed by atoms with Crippen LogP contribution in [0.1, 0.15) is 73.1 Å². The predicted molar refractivity (Wildman–Crippen MR) is 93.0 cm³/mol. The number of rotatable bonds is 5. The minimum Gasteiger partial charge on any atom is -0.389 e. The maximum atomic E-state index is 12.3. The first-order valence-electron chi connectivity index (χ1n) is 8.98. The van der Waals surface area contributed by atoms with Crippen molar-refractivity contribution in [2.24, 2.45) is 22.7 Å². The van der Waals surface area contributed by atoms with Gasteiger partial charge in [-0.25, -0.2) is 0 Å². The summed E-state index contributed by atoms with van der Waals surface area (Å²) >= 11 is 0. The fourth-order valence-electron chi connectivity index (χ4n) is 5.56. The van der Waals surface area contributed by atoms with E-state index in [1.54, 1.807) is 13.8 Å². The monoisotopic (exact) mass is 322 g/mol. The number of hydrogen-bond acceptors (Lipinski definition) is 3. The van der Waals surface area contributed by atoms with Crippen molar-refractivity contribution in [2.75, 3.05) is 0 Å². The van der Waals surface area contributed by atoms with Crippen molar-refractivity contribution in [1.29, 1.82) is 0 Å². The van der Waals surface area contributed by atoms with Gasteiger partial charge in [0.15, 0.2) is 0 Å². The van der Waals surface area contributed by atoms with E-state index in [0.717, 1.165) is 25.7 Å². The van der Waals surface area contributed by atoms with Gasteiger partial charge < -0.3 is 10.2 Å². The Morgan fingerprint density at radius 3 is 2.48 bits per heavy atom. The lowest BCUT2D eigenvalue weighted by molar-refractivity contribution is -0.152. The summed E-state index contributed by atoms with van der Waals surface area (Å²) in [5.74, 6) is 0.101. The lowest BCUT2D eigenvalue weighted by Gasteiger charge is -2.53. The smallest absolute Gasteiger partial charge is 0.135 e. The summed E-state index contributed by atoms with van der Waals surface area (Å²) in [6.45, 7) is 13.7. The van der Waals surface area contributed by atoms with E-state index in [9.17, 15) is 15.0 Å². The molecule has 0 amide bonds. The summed E-state index contributed by atoms with van der Waals surface area (Å²) in [5.41, 5.74) is -2.15. The molecule has 0 saturated heterocycles. The molecule has 0 bridgehead atoms. The van der Waals surface area contributed by atoms with Crippen molar-refractivity contribution in [2.45, 2.75) is 84.3 Å². The molecule has 2 aliphatic carbocycles. The Bertz CT molecular complexity index is 493. The van der Waals surface area contributed by atoms with E-state index in [-0.39, 0.29) is 22.5 Å². The molecule has 0 spiro atoms. The molecule has 3 heteroatoms. The van der Waals surface area contributed by atoms with E-state index in [4.69, 9.17) is 0 Å². The standard InChI is InChI=1S/C20H34O3/c1-7-18(5,22)11-12-20(23)15(14(2)21)13-16-17(3,4)9-8-10-19(16,20)6/h7,15-16,22-23H,1,8-13H2,2-6H3/t15-,16-,18?,19-,20+/m0/s1. The van der Waals surface area contributed by atoms with Gasteiger partial charge in [0.2, 0.25) is 0 Å². The number of carbonyl (C=O) groups excluding carboxylic acids is 1. The number of carbonyl (C=O) groups is 1. The van der Waals surface area contributed by atoms with Gasteiger partial charge in [0.1, 0.15) is 5.78 Å². The molecule has 0 aromatic carbocycles. The first-order chi connectivity index (χ1) is 10.4. The van der Waals surface area contributed by atoms with Gasteiger partial charge in [-0.2, -0.15) is 0 Å². The van der Waals surface area contributed by atoms with Crippen molar-refractivity contribution < 1.29 is 15.0 Å². The largest absolute Gasteiger partial charge is 0.389 e. The van der Waals surface area contributed by atoms with Gasteiger partial charge >= 0.3 is 0 Å². The fraction of sp³-hybridized carbons (Fsp3) is 0.850. The maximum Gasteiger partial charge on any atom is 0.135 e. The molecule has 0 radical (unpaired) electrons. The number of aliphatic hydroxyl groups is 2. The molecule has 23 heavy (non-hydrogen) atoms. The summed E-state index contributed by atoms with van der Waals surface area (Å²) in [7, 11) is 0. The Balaban J connectivity index is 2.40. The highest BCUT2D eigenvalue weighted by atomic mass is 16.3. The average molecular weight is 322 g/mol. The van der Waals surface area contributed by atoms with Gasteiger partial charge in [-0.3, -0.25) is 4.79 Å². The van der Waals surface area contributed by atoms with E-state index in [1.807, 2.05) is 0 Å². The normalized spacial score (nSPS) is 41.9. The van der Waals surface area contributed by atoms with Gasteiger partial charge in [0.05, 0.1) is 11.2 Å². The molecule has 0 aromatic rings. The molecular weight excluding hydrogens is 288 g/mol. The van der Waals surface area contributed by atoms with Gasteiger partial charge in [-0.15, -0.1) is 6.58 Å². The zero-order valence-electron chi connectivity index (χ0n) is 15.5. The molecule has 0 heterocycles. The molecule has 2 rings (SSSR count). The molecule has 2 N–H and O–H groups in total. The highest BCUT2D eigenvalue weighted by molar-refractivity contribution is 5.80. The van der Waals surface area contributed by atoms with Crippen LogP contribution in [0.3, 0.4) is 0 Å². The third kappa shape index (κ3) is 2.91. The van der Waals surface area contributed by atoms with Crippen LogP contribution in [0.2, 0.25) is 0 Å². The molecule has 0 aromatic heterocycles. The summed E-state index contributed by atoms with van der Waals surface area (Å²) in [4.78, 5) is 12.3. The second kappa shape index (κ2) is 5.70. The van der Waals surface area contributed by atoms with Crippen LogP contribution in [0.15, 0.2) is 12.7 Å². The number of Topliss-reactive ketones (excluding diaryl/α,β-unsaturated/α-hetero) is 1. The maximum absolute atomic E-state index is 12.3. The van der Waals surface area contributed by atoms with Crippen LogP contribution in [-0.4, -0.2) is 27.2 Å². The van der Waals surface area contributed by atoms with Crippen LogP contribution in [0.5, 0.6) is 0 Å². The van der Waals surface area contributed by atoms with Gasteiger partial charge in [0, 0.05) is 11.3 Å². The second-order valence-corrected chi connectivity index (χ2v) is 9.20. The zero-order valence-corrected chi connectivity index (χ0v) is 15.5. The van der Waals surface area contributed by atoms with Crippen LogP contribution in [-0.2, 0) is 4.79 Å². The Morgan fingerprint density at radius 2 is 1.96 bits per heavy atom. The molecule has 5 atom stereocenters. The molecule has 2 fully saturated rings. The van der Waals surface area contributed by atoms with Crippen LogP contribution < -0.4 is 0 Å². The topological polar surface area (TPSA) is 57.5 Å². The highest BCUT2D eigenvalue weighted by Gasteiger charge is 2.66. The minimum atomic E-state index is -1.03. The van der Waals surface area contributed by atoms with Crippen molar-refractivity contribution in [3.63, 3.8) is 0 Å². The van der Waals surface area contributed by atoms with Crippen LogP contribution in [0, 0.1) is 22.7 Å². The Hall–Kier alpha value is -0.670. The van der Waals surface area contributed by atoms with Gasteiger partial charge in [-0.05, 0) is 57.3 Å². The van der Waals surface area contributed by atoms with Crippen molar-refractivity contribution in [1.82, 2.24) is 0 Å². The Morgan fingerprint density at radius 1 is 1.35 bits per heavy atom. The summed E-state index contributed by atoms with van der Waals surface area (Å²) in [6.07, 6.45) is 6.36. The molecule has 2 aliphatic rings. The lowest BCUT2D eigenvalue weighted by atomic mass is 9.54. The molecule has 1 unspecified atom stereocenters. The fourth-order valence-corrected chi connectivity index (χ4v) is 5.56. The quantitative estimate of drug-likeness (QED) is 0.755. The number of fused-ring (bicyclic) bond motifs is 1. The zero-order chi connectivity index (χ0) is 17.7. The van der Waals surface area contributed by atoms with E-state index in [1.165, 1.54) is 6.08 Å². The summed E-state index contributed by atoms with van der Waals surface area (Å²) in [5, 5.41) is 22.0. The third-order valence-electron chi connectivity index (χ3n) is 7.21. The van der Waals surface area contributed by atoms with Crippen molar-refractivity contribution >= 4 is 5.78 Å².